The number of benzene rings is 1. The van der Waals surface area contributed by atoms with Crippen LogP contribution in [0.3, 0.4) is 0 Å². The predicted molar refractivity (Wildman–Crippen MR) is 69.2 cm³/mol. The lowest BCUT2D eigenvalue weighted by molar-refractivity contribution is 0.0694. The fraction of sp³-hybridized carbons (Fsp3) is 0.500. The van der Waals surface area contributed by atoms with Crippen LogP contribution < -0.4 is 0 Å². The highest BCUT2D eigenvalue weighted by Gasteiger charge is 2.11. The molecule has 1 aromatic rings. The van der Waals surface area contributed by atoms with Gasteiger partial charge < -0.3 is 10.0 Å². The number of hydrogen-bond acceptors (Lipinski definition) is 2. The van der Waals surface area contributed by atoms with Gasteiger partial charge in [-0.15, -0.1) is 0 Å². The quantitative estimate of drug-likeness (QED) is 0.824. The van der Waals surface area contributed by atoms with Crippen LogP contribution in [-0.4, -0.2) is 29.6 Å². The molecule has 3 nitrogen and oxygen atoms in total. The van der Waals surface area contributed by atoms with E-state index in [1.807, 2.05) is 19.2 Å². The molecule has 0 bridgehead atoms. The van der Waals surface area contributed by atoms with Gasteiger partial charge >= 0.3 is 5.97 Å². The molecule has 1 unspecified atom stereocenters. The maximum Gasteiger partial charge on any atom is 0.336 e. The van der Waals surface area contributed by atoms with Crippen LogP contribution in [0.2, 0.25) is 0 Å². The van der Waals surface area contributed by atoms with E-state index in [1.54, 1.807) is 12.1 Å². The fourth-order valence-electron chi connectivity index (χ4n) is 1.88. The summed E-state index contributed by atoms with van der Waals surface area (Å²) in [5.74, 6) is -0.213. The minimum absolute atomic E-state index is 0.406. The fourth-order valence-corrected chi connectivity index (χ4v) is 1.88. The molecule has 0 saturated carbocycles. The first kappa shape index (κ1) is 13.7. The van der Waals surface area contributed by atoms with Crippen molar-refractivity contribution in [1.29, 1.82) is 0 Å². The molecular formula is C14H21NO2. The van der Waals surface area contributed by atoms with Crippen LogP contribution in [0.4, 0.5) is 0 Å². The number of aromatic carboxylic acids is 1. The molecule has 0 aliphatic heterocycles. The van der Waals surface area contributed by atoms with Gasteiger partial charge in [-0.05, 0) is 24.6 Å². The molecule has 1 N–H and O–H groups in total. The van der Waals surface area contributed by atoms with Crippen molar-refractivity contribution in [3.63, 3.8) is 0 Å². The Kier molecular flexibility index (Phi) is 5.16. The zero-order valence-corrected chi connectivity index (χ0v) is 10.8. The summed E-state index contributed by atoms with van der Waals surface area (Å²) >= 11 is 0. The number of carboxylic acids is 1. The summed E-state index contributed by atoms with van der Waals surface area (Å²) in [5, 5.41) is 9.09. The summed E-state index contributed by atoms with van der Waals surface area (Å²) in [6, 6.07) is 7.20. The van der Waals surface area contributed by atoms with Crippen molar-refractivity contribution >= 4 is 5.97 Å². The molecule has 0 radical (unpaired) electrons. The summed E-state index contributed by atoms with van der Waals surface area (Å²) in [7, 11) is 2.03. The number of carbonyl (C=O) groups is 1. The Balaban J connectivity index is 2.71. The molecule has 0 fully saturated rings. The highest BCUT2D eigenvalue weighted by molar-refractivity contribution is 5.89. The monoisotopic (exact) mass is 235 g/mol. The first-order valence-corrected chi connectivity index (χ1v) is 6.04. The predicted octanol–water partition coefficient (Wildman–Crippen LogP) is 2.86. The van der Waals surface area contributed by atoms with Crippen LogP contribution in [0, 0.1) is 5.92 Å². The summed E-state index contributed by atoms with van der Waals surface area (Å²) in [6.07, 6.45) is 1.14. The standard InChI is InChI=1S/C14H21NO2/c1-4-11(2)9-15(3)10-12-7-5-6-8-13(12)14(16)17/h5-8,11H,4,9-10H2,1-3H3,(H,16,17). The van der Waals surface area contributed by atoms with E-state index in [9.17, 15) is 4.79 Å². The first-order valence-electron chi connectivity index (χ1n) is 6.04. The van der Waals surface area contributed by atoms with Gasteiger partial charge in [0.25, 0.3) is 0 Å². The van der Waals surface area contributed by atoms with Gasteiger partial charge in [0.05, 0.1) is 5.56 Å². The molecule has 17 heavy (non-hydrogen) atoms. The van der Waals surface area contributed by atoms with E-state index in [0.717, 1.165) is 18.5 Å². The second kappa shape index (κ2) is 6.40. The third kappa shape index (κ3) is 4.19. The smallest absolute Gasteiger partial charge is 0.336 e. The van der Waals surface area contributed by atoms with Crippen LogP contribution in [0.1, 0.15) is 36.2 Å². The van der Waals surface area contributed by atoms with Gasteiger partial charge in [0, 0.05) is 13.1 Å². The van der Waals surface area contributed by atoms with Crippen molar-refractivity contribution < 1.29 is 9.90 Å². The average molecular weight is 235 g/mol. The number of nitrogens with zero attached hydrogens (tertiary/aromatic N) is 1. The Bertz CT molecular complexity index is 376. The third-order valence-electron chi connectivity index (χ3n) is 3.01. The minimum atomic E-state index is -0.850. The van der Waals surface area contributed by atoms with Crippen LogP contribution in [0.5, 0.6) is 0 Å². The van der Waals surface area contributed by atoms with Crippen molar-refractivity contribution in [2.24, 2.45) is 5.92 Å². The normalized spacial score (nSPS) is 12.7. The SMILES string of the molecule is CCC(C)CN(C)Cc1ccccc1C(=O)O. The van der Waals surface area contributed by atoms with Crippen molar-refractivity contribution in [1.82, 2.24) is 4.90 Å². The highest BCUT2D eigenvalue weighted by Crippen LogP contribution is 2.12. The van der Waals surface area contributed by atoms with Gasteiger partial charge in [-0.25, -0.2) is 4.79 Å². The second-order valence-corrected chi connectivity index (χ2v) is 4.67. The maximum absolute atomic E-state index is 11.1. The molecule has 0 spiro atoms. The van der Waals surface area contributed by atoms with Gasteiger partial charge in [-0.2, -0.15) is 0 Å². The minimum Gasteiger partial charge on any atom is -0.478 e. The van der Waals surface area contributed by atoms with E-state index >= 15 is 0 Å². The molecule has 0 heterocycles. The second-order valence-electron chi connectivity index (χ2n) is 4.67. The molecule has 0 aromatic heterocycles. The van der Waals surface area contributed by atoms with E-state index in [2.05, 4.69) is 18.7 Å². The van der Waals surface area contributed by atoms with Crippen LogP contribution in [-0.2, 0) is 6.54 Å². The topological polar surface area (TPSA) is 40.5 Å². The summed E-state index contributed by atoms with van der Waals surface area (Å²) in [6.45, 7) is 6.06. The molecule has 0 aliphatic carbocycles. The largest absolute Gasteiger partial charge is 0.478 e. The van der Waals surface area contributed by atoms with E-state index in [4.69, 9.17) is 5.11 Å². The Hall–Kier alpha value is -1.35. The van der Waals surface area contributed by atoms with Gasteiger partial charge in [0.15, 0.2) is 0 Å². The van der Waals surface area contributed by atoms with Crippen molar-refractivity contribution in [3.05, 3.63) is 35.4 Å². The number of rotatable bonds is 6. The number of hydrogen-bond donors (Lipinski definition) is 1. The Labute approximate surface area is 103 Å². The molecule has 1 atom stereocenters. The van der Waals surface area contributed by atoms with E-state index in [-0.39, 0.29) is 0 Å². The van der Waals surface area contributed by atoms with Crippen LogP contribution in [0.25, 0.3) is 0 Å². The summed E-state index contributed by atoms with van der Waals surface area (Å²) in [5.41, 5.74) is 1.29. The summed E-state index contributed by atoms with van der Waals surface area (Å²) in [4.78, 5) is 13.2. The lowest BCUT2D eigenvalue weighted by atomic mass is 10.1. The van der Waals surface area contributed by atoms with Gasteiger partial charge in [-0.3, -0.25) is 0 Å². The van der Waals surface area contributed by atoms with Crippen molar-refractivity contribution in [2.75, 3.05) is 13.6 Å². The molecule has 1 rings (SSSR count). The summed E-state index contributed by atoms with van der Waals surface area (Å²) < 4.78 is 0. The Morgan fingerprint density at radius 2 is 2.06 bits per heavy atom. The Morgan fingerprint density at radius 3 is 2.65 bits per heavy atom. The Morgan fingerprint density at radius 1 is 1.41 bits per heavy atom. The first-order chi connectivity index (χ1) is 8.04. The van der Waals surface area contributed by atoms with Crippen LogP contribution >= 0.6 is 0 Å². The lowest BCUT2D eigenvalue weighted by Crippen LogP contribution is -2.24. The lowest BCUT2D eigenvalue weighted by Gasteiger charge is -2.21. The maximum atomic E-state index is 11.1. The molecular weight excluding hydrogens is 214 g/mol. The van der Waals surface area contributed by atoms with E-state index in [1.165, 1.54) is 0 Å². The third-order valence-corrected chi connectivity index (χ3v) is 3.01. The van der Waals surface area contributed by atoms with E-state index in [0.29, 0.717) is 18.0 Å². The zero-order chi connectivity index (χ0) is 12.8. The molecule has 0 saturated heterocycles. The van der Waals surface area contributed by atoms with Gasteiger partial charge in [0.1, 0.15) is 0 Å². The van der Waals surface area contributed by atoms with Crippen LogP contribution in [0.15, 0.2) is 24.3 Å². The molecule has 3 heteroatoms. The highest BCUT2D eigenvalue weighted by atomic mass is 16.4. The molecule has 0 aliphatic rings. The number of carboxylic acid groups (broad SMARTS) is 1. The molecule has 94 valence electrons. The zero-order valence-electron chi connectivity index (χ0n) is 10.8. The van der Waals surface area contributed by atoms with Crippen molar-refractivity contribution in [3.8, 4) is 0 Å². The molecule has 1 aromatic carbocycles. The molecule has 0 amide bonds. The average Bonchev–Trinajstić information content (AvgIpc) is 2.29. The van der Waals surface area contributed by atoms with Crippen molar-refractivity contribution in [2.45, 2.75) is 26.8 Å². The van der Waals surface area contributed by atoms with E-state index < -0.39 is 5.97 Å². The van der Waals surface area contributed by atoms with Gasteiger partial charge in [0.2, 0.25) is 0 Å². The van der Waals surface area contributed by atoms with Gasteiger partial charge in [-0.1, -0.05) is 38.5 Å².